The summed E-state index contributed by atoms with van der Waals surface area (Å²) in [4.78, 5) is 3.99. The van der Waals surface area contributed by atoms with Gasteiger partial charge < -0.3 is 14.6 Å². The van der Waals surface area contributed by atoms with Crippen molar-refractivity contribution in [2.75, 3.05) is 13.2 Å². The zero-order chi connectivity index (χ0) is 17.6. The van der Waals surface area contributed by atoms with E-state index in [2.05, 4.69) is 10.3 Å². The molecular formula is C17H22F3N3O. The van der Waals surface area contributed by atoms with E-state index >= 15 is 0 Å². The third kappa shape index (κ3) is 5.88. The molecule has 1 aromatic heterocycles. The van der Waals surface area contributed by atoms with Gasteiger partial charge in [-0.2, -0.15) is 13.2 Å². The summed E-state index contributed by atoms with van der Waals surface area (Å²) in [6.45, 7) is 6.04. The van der Waals surface area contributed by atoms with E-state index in [1.165, 1.54) is 12.1 Å². The van der Waals surface area contributed by atoms with Crippen LogP contribution in [0.1, 0.15) is 25.8 Å². The van der Waals surface area contributed by atoms with Gasteiger partial charge in [0.25, 0.3) is 0 Å². The summed E-state index contributed by atoms with van der Waals surface area (Å²) in [6.07, 6.45) is 2.06. The molecule has 4 nitrogen and oxygen atoms in total. The summed E-state index contributed by atoms with van der Waals surface area (Å²) in [6, 6.07) is 4.75. The maximum Gasteiger partial charge on any atom is 0.416 e. The van der Waals surface area contributed by atoms with Crippen LogP contribution in [0.25, 0.3) is 0 Å². The highest BCUT2D eigenvalue weighted by atomic mass is 19.4. The van der Waals surface area contributed by atoms with Crippen molar-refractivity contribution >= 4 is 0 Å². The van der Waals surface area contributed by atoms with E-state index in [1.807, 2.05) is 24.6 Å². The molecule has 0 unspecified atom stereocenters. The van der Waals surface area contributed by atoms with E-state index in [4.69, 9.17) is 4.74 Å². The van der Waals surface area contributed by atoms with Gasteiger partial charge in [0, 0.05) is 24.5 Å². The van der Waals surface area contributed by atoms with Crippen molar-refractivity contribution in [2.24, 2.45) is 0 Å². The standard InChI is InChI=1S/C17H22F3N3O/c1-16(2,22-8-3-10-23-11-9-21-13-23)12-24-15-6-4-14(5-7-15)17(18,19)20/h4-7,9,11,13,22H,3,8,10,12H2,1-2H3. The molecule has 24 heavy (non-hydrogen) atoms. The number of hydrogen-bond donors (Lipinski definition) is 1. The van der Waals surface area contributed by atoms with Crippen LogP contribution >= 0.6 is 0 Å². The first-order valence-electron chi connectivity index (χ1n) is 7.77. The molecule has 0 aliphatic rings. The molecule has 0 fully saturated rings. The molecule has 0 spiro atoms. The Morgan fingerprint density at radius 1 is 1.17 bits per heavy atom. The topological polar surface area (TPSA) is 39.1 Å². The Bertz CT molecular complexity index is 607. The third-order valence-corrected chi connectivity index (χ3v) is 3.54. The van der Waals surface area contributed by atoms with Gasteiger partial charge in [-0.1, -0.05) is 0 Å². The largest absolute Gasteiger partial charge is 0.492 e. The first-order chi connectivity index (χ1) is 11.3. The van der Waals surface area contributed by atoms with Crippen LogP contribution in [-0.4, -0.2) is 28.2 Å². The molecule has 1 aromatic carbocycles. The van der Waals surface area contributed by atoms with Gasteiger partial charge in [0.2, 0.25) is 0 Å². The molecule has 2 rings (SSSR count). The van der Waals surface area contributed by atoms with Gasteiger partial charge in [0.1, 0.15) is 12.4 Å². The number of ether oxygens (including phenoxy) is 1. The van der Waals surface area contributed by atoms with Crippen LogP contribution in [-0.2, 0) is 12.7 Å². The van der Waals surface area contributed by atoms with Gasteiger partial charge in [-0.15, -0.1) is 0 Å². The summed E-state index contributed by atoms with van der Waals surface area (Å²) >= 11 is 0. The molecule has 0 aliphatic heterocycles. The van der Waals surface area contributed by atoms with Crippen molar-refractivity contribution in [3.63, 3.8) is 0 Å². The van der Waals surface area contributed by atoms with Gasteiger partial charge in [-0.05, 0) is 51.1 Å². The smallest absolute Gasteiger partial charge is 0.416 e. The molecule has 1 N–H and O–H groups in total. The van der Waals surface area contributed by atoms with Crippen molar-refractivity contribution in [1.29, 1.82) is 0 Å². The summed E-state index contributed by atoms with van der Waals surface area (Å²) in [7, 11) is 0. The Hall–Kier alpha value is -2.02. The number of aryl methyl sites for hydroxylation is 1. The van der Waals surface area contributed by atoms with Crippen molar-refractivity contribution in [2.45, 2.75) is 38.5 Å². The Balaban J connectivity index is 1.73. The van der Waals surface area contributed by atoms with E-state index in [0.29, 0.717) is 12.4 Å². The zero-order valence-corrected chi connectivity index (χ0v) is 13.8. The minimum atomic E-state index is -4.32. The fourth-order valence-electron chi connectivity index (χ4n) is 2.16. The lowest BCUT2D eigenvalue weighted by Gasteiger charge is -2.26. The van der Waals surface area contributed by atoms with Gasteiger partial charge >= 0.3 is 6.18 Å². The normalized spacial score (nSPS) is 12.4. The molecule has 0 radical (unpaired) electrons. The Kier molecular flexibility index (Phi) is 5.88. The highest BCUT2D eigenvalue weighted by Gasteiger charge is 2.30. The average molecular weight is 341 g/mol. The second-order valence-electron chi connectivity index (χ2n) is 6.28. The van der Waals surface area contributed by atoms with Gasteiger partial charge in [0.15, 0.2) is 0 Å². The zero-order valence-electron chi connectivity index (χ0n) is 13.8. The van der Waals surface area contributed by atoms with Crippen LogP contribution in [0.2, 0.25) is 0 Å². The molecule has 0 amide bonds. The highest BCUT2D eigenvalue weighted by Crippen LogP contribution is 2.30. The maximum absolute atomic E-state index is 12.5. The van der Waals surface area contributed by atoms with E-state index < -0.39 is 11.7 Å². The SMILES string of the molecule is CC(C)(COc1ccc(C(F)(F)F)cc1)NCCCn1ccnc1. The summed E-state index contributed by atoms with van der Waals surface area (Å²) in [5, 5.41) is 3.39. The van der Waals surface area contributed by atoms with E-state index in [0.717, 1.165) is 31.6 Å². The predicted molar refractivity (Wildman–Crippen MR) is 85.9 cm³/mol. The van der Waals surface area contributed by atoms with Gasteiger partial charge in [-0.3, -0.25) is 0 Å². The maximum atomic E-state index is 12.5. The van der Waals surface area contributed by atoms with Crippen molar-refractivity contribution in [3.8, 4) is 5.75 Å². The second-order valence-corrected chi connectivity index (χ2v) is 6.28. The Labute approximate surface area is 139 Å². The number of halogens is 3. The summed E-state index contributed by atoms with van der Waals surface area (Å²) in [5.74, 6) is 0.427. The van der Waals surface area contributed by atoms with Crippen LogP contribution in [0, 0.1) is 0 Å². The van der Waals surface area contributed by atoms with Crippen LogP contribution in [0.5, 0.6) is 5.75 Å². The molecule has 2 aromatic rings. The average Bonchev–Trinajstić information content (AvgIpc) is 3.03. The first-order valence-corrected chi connectivity index (χ1v) is 7.77. The molecule has 132 valence electrons. The van der Waals surface area contributed by atoms with Crippen LogP contribution < -0.4 is 10.1 Å². The fraction of sp³-hybridized carbons (Fsp3) is 0.471. The summed E-state index contributed by atoms with van der Waals surface area (Å²) < 4.78 is 45.1. The number of aromatic nitrogens is 2. The molecule has 7 heteroatoms. The number of imidazole rings is 1. The van der Waals surface area contributed by atoms with Crippen molar-refractivity contribution in [3.05, 3.63) is 48.5 Å². The van der Waals surface area contributed by atoms with E-state index in [9.17, 15) is 13.2 Å². The first kappa shape index (κ1) is 18.3. The fourth-order valence-corrected chi connectivity index (χ4v) is 2.16. The number of rotatable bonds is 8. The van der Waals surface area contributed by atoms with Gasteiger partial charge in [0.05, 0.1) is 11.9 Å². The number of benzene rings is 1. The highest BCUT2D eigenvalue weighted by molar-refractivity contribution is 5.28. The lowest BCUT2D eigenvalue weighted by Crippen LogP contribution is -2.45. The molecule has 0 bridgehead atoms. The molecule has 1 heterocycles. The molecule has 0 saturated carbocycles. The number of hydrogen-bond acceptors (Lipinski definition) is 3. The van der Waals surface area contributed by atoms with E-state index in [1.54, 1.807) is 12.5 Å². The lowest BCUT2D eigenvalue weighted by molar-refractivity contribution is -0.137. The van der Waals surface area contributed by atoms with Crippen molar-refractivity contribution < 1.29 is 17.9 Å². The van der Waals surface area contributed by atoms with Crippen LogP contribution in [0.15, 0.2) is 43.0 Å². The summed E-state index contributed by atoms with van der Waals surface area (Å²) in [5.41, 5.74) is -0.954. The second kappa shape index (κ2) is 7.70. The molecular weight excluding hydrogens is 319 g/mol. The van der Waals surface area contributed by atoms with Crippen molar-refractivity contribution in [1.82, 2.24) is 14.9 Å². The number of alkyl halides is 3. The molecule has 0 saturated heterocycles. The number of nitrogens with one attached hydrogen (secondary N) is 1. The quantitative estimate of drug-likeness (QED) is 0.744. The minimum absolute atomic E-state index is 0.280. The predicted octanol–water partition coefficient (Wildman–Crippen LogP) is 3.74. The van der Waals surface area contributed by atoms with Crippen LogP contribution in [0.3, 0.4) is 0 Å². The lowest BCUT2D eigenvalue weighted by atomic mass is 10.1. The van der Waals surface area contributed by atoms with Crippen LogP contribution in [0.4, 0.5) is 13.2 Å². The Morgan fingerprint density at radius 2 is 1.88 bits per heavy atom. The molecule has 0 atom stereocenters. The van der Waals surface area contributed by atoms with Gasteiger partial charge in [-0.25, -0.2) is 4.98 Å². The minimum Gasteiger partial charge on any atom is -0.492 e. The van der Waals surface area contributed by atoms with E-state index in [-0.39, 0.29) is 5.54 Å². The Morgan fingerprint density at radius 3 is 2.46 bits per heavy atom. The molecule has 0 aliphatic carbocycles. The third-order valence-electron chi connectivity index (χ3n) is 3.54. The number of nitrogens with zero attached hydrogens (tertiary/aromatic N) is 2. The monoisotopic (exact) mass is 341 g/mol.